The van der Waals surface area contributed by atoms with Gasteiger partial charge in [0.05, 0.1) is 5.69 Å². The fourth-order valence-electron chi connectivity index (χ4n) is 2.94. The number of nitrogens with zero attached hydrogens (tertiary/aromatic N) is 2. The minimum atomic E-state index is 0.244. The Balaban J connectivity index is 1.91. The van der Waals surface area contributed by atoms with Gasteiger partial charge >= 0.3 is 0 Å². The van der Waals surface area contributed by atoms with Crippen molar-refractivity contribution in [3.63, 3.8) is 0 Å². The summed E-state index contributed by atoms with van der Waals surface area (Å²) in [7, 11) is 2.04. The molecule has 0 spiro atoms. The summed E-state index contributed by atoms with van der Waals surface area (Å²) in [5.74, 6) is 0. The standard InChI is InChI=1S/C16H21N3/c1-12-4-6-14(7-5-12)16(10-17-11-16)9-15-8-13(2)18-19(15)3/h4-8,17H,9-11H2,1-3H3. The Morgan fingerprint density at radius 2 is 1.89 bits per heavy atom. The molecule has 3 rings (SSSR count). The molecule has 1 aliphatic rings. The third-order valence-corrected chi connectivity index (χ3v) is 4.21. The van der Waals surface area contributed by atoms with Crippen LogP contribution >= 0.6 is 0 Å². The molecule has 0 bridgehead atoms. The highest BCUT2D eigenvalue weighted by atomic mass is 15.3. The van der Waals surface area contributed by atoms with Crippen LogP contribution < -0.4 is 5.32 Å². The number of benzene rings is 1. The molecule has 0 saturated carbocycles. The molecule has 1 aromatic heterocycles. The van der Waals surface area contributed by atoms with Crippen molar-refractivity contribution in [1.82, 2.24) is 15.1 Å². The number of rotatable bonds is 3. The van der Waals surface area contributed by atoms with E-state index in [0.29, 0.717) is 0 Å². The van der Waals surface area contributed by atoms with Gasteiger partial charge in [0, 0.05) is 37.7 Å². The van der Waals surface area contributed by atoms with Crippen LogP contribution in [-0.4, -0.2) is 22.9 Å². The zero-order chi connectivity index (χ0) is 13.5. The number of aryl methyl sites for hydroxylation is 3. The van der Waals surface area contributed by atoms with E-state index in [0.717, 1.165) is 25.2 Å². The first-order valence-electron chi connectivity index (χ1n) is 6.86. The maximum Gasteiger partial charge on any atom is 0.0596 e. The van der Waals surface area contributed by atoms with Crippen LogP contribution in [0.3, 0.4) is 0 Å². The molecule has 100 valence electrons. The fourth-order valence-corrected chi connectivity index (χ4v) is 2.94. The Labute approximate surface area is 114 Å². The normalized spacial score (nSPS) is 17.2. The van der Waals surface area contributed by atoms with Crippen LogP contribution in [0.4, 0.5) is 0 Å². The van der Waals surface area contributed by atoms with E-state index < -0.39 is 0 Å². The van der Waals surface area contributed by atoms with Crippen LogP contribution in [-0.2, 0) is 18.9 Å². The highest BCUT2D eigenvalue weighted by Gasteiger charge is 2.39. The van der Waals surface area contributed by atoms with Crippen molar-refractivity contribution in [2.24, 2.45) is 7.05 Å². The summed E-state index contributed by atoms with van der Waals surface area (Å²) in [5.41, 5.74) is 5.43. The van der Waals surface area contributed by atoms with Crippen molar-refractivity contribution in [2.45, 2.75) is 25.7 Å². The summed E-state index contributed by atoms with van der Waals surface area (Å²) in [4.78, 5) is 0. The van der Waals surface area contributed by atoms with Crippen LogP contribution in [0.5, 0.6) is 0 Å². The summed E-state index contributed by atoms with van der Waals surface area (Å²) in [6.45, 7) is 6.31. The quantitative estimate of drug-likeness (QED) is 0.910. The van der Waals surface area contributed by atoms with Crippen molar-refractivity contribution in [3.8, 4) is 0 Å². The van der Waals surface area contributed by atoms with Crippen molar-refractivity contribution in [2.75, 3.05) is 13.1 Å². The van der Waals surface area contributed by atoms with E-state index in [9.17, 15) is 0 Å². The molecule has 1 aromatic carbocycles. The highest BCUT2D eigenvalue weighted by Crippen LogP contribution is 2.32. The minimum absolute atomic E-state index is 0.244. The molecule has 1 N–H and O–H groups in total. The first kappa shape index (κ1) is 12.4. The molecule has 1 aliphatic heterocycles. The molecule has 0 unspecified atom stereocenters. The molecule has 3 heteroatoms. The average Bonchev–Trinajstić information content (AvgIpc) is 2.64. The lowest BCUT2D eigenvalue weighted by atomic mass is 9.71. The summed E-state index contributed by atoms with van der Waals surface area (Å²) in [6, 6.07) is 11.2. The number of hydrogen-bond donors (Lipinski definition) is 1. The number of aromatic nitrogens is 2. The van der Waals surface area contributed by atoms with Crippen LogP contribution in [0.15, 0.2) is 30.3 Å². The van der Waals surface area contributed by atoms with Gasteiger partial charge < -0.3 is 5.32 Å². The van der Waals surface area contributed by atoms with E-state index in [2.05, 4.69) is 54.6 Å². The molecule has 1 saturated heterocycles. The smallest absolute Gasteiger partial charge is 0.0596 e. The summed E-state index contributed by atoms with van der Waals surface area (Å²) < 4.78 is 2.02. The second-order valence-electron chi connectivity index (χ2n) is 5.83. The van der Waals surface area contributed by atoms with Crippen LogP contribution in [0, 0.1) is 13.8 Å². The van der Waals surface area contributed by atoms with E-state index in [1.165, 1.54) is 16.8 Å². The molecule has 2 aromatic rings. The maximum atomic E-state index is 4.46. The predicted molar refractivity (Wildman–Crippen MR) is 77.4 cm³/mol. The van der Waals surface area contributed by atoms with E-state index in [1.54, 1.807) is 0 Å². The second kappa shape index (κ2) is 4.49. The highest BCUT2D eigenvalue weighted by molar-refractivity contribution is 5.34. The fraction of sp³-hybridized carbons (Fsp3) is 0.438. The van der Waals surface area contributed by atoms with E-state index in [-0.39, 0.29) is 5.41 Å². The summed E-state index contributed by atoms with van der Waals surface area (Å²) >= 11 is 0. The lowest BCUT2D eigenvalue weighted by Gasteiger charge is -2.43. The van der Waals surface area contributed by atoms with E-state index in [4.69, 9.17) is 0 Å². The van der Waals surface area contributed by atoms with Gasteiger partial charge in [0.15, 0.2) is 0 Å². The Morgan fingerprint density at radius 1 is 1.21 bits per heavy atom. The third kappa shape index (κ3) is 2.19. The van der Waals surface area contributed by atoms with Gasteiger partial charge in [-0.15, -0.1) is 0 Å². The third-order valence-electron chi connectivity index (χ3n) is 4.21. The SMILES string of the molecule is Cc1ccc(C2(Cc3cc(C)nn3C)CNC2)cc1. The molecular formula is C16H21N3. The monoisotopic (exact) mass is 255 g/mol. The predicted octanol–water partition coefficient (Wildman–Crippen LogP) is 2.12. The van der Waals surface area contributed by atoms with Gasteiger partial charge in [-0.25, -0.2) is 0 Å². The topological polar surface area (TPSA) is 29.9 Å². The van der Waals surface area contributed by atoms with Crippen LogP contribution in [0.1, 0.15) is 22.5 Å². The van der Waals surface area contributed by atoms with Gasteiger partial charge in [0.25, 0.3) is 0 Å². The Bertz CT molecular complexity index is 577. The Hall–Kier alpha value is -1.61. The maximum absolute atomic E-state index is 4.46. The van der Waals surface area contributed by atoms with Gasteiger partial charge in [-0.05, 0) is 25.5 Å². The molecular weight excluding hydrogens is 234 g/mol. The zero-order valence-electron chi connectivity index (χ0n) is 11.9. The van der Waals surface area contributed by atoms with Crippen molar-refractivity contribution >= 4 is 0 Å². The zero-order valence-corrected chi connectivity index (χ0v) is 11.9. The minimum Gasteiger partial charge on any atom is -0.315 e. The van der Waals surface area contributed by atoms with Crippen LogP contribution in [0.2, 0.25) is 0 Å². The van der Waals surface area contributed by atoms with Crippen molar-refractivity contribution in [3.05, 3.63) is 52.8 Å². The van der Waals surface area contributed by atoms with Crippen molar-refractivity contribution < 1.29 is 0 Å². The van der Waals surface area contributed by atoms with Crippen molar-refractivity contribution in [1.29, 1.82) is 0 Å². The van der Waals surface area contributed by atoms with Gasteiger partial charge in [-0.1, -0.05) is 29.8 Å². The largest absolute Gasteiger partial charge is 0.315 e. The first-order chi connectivity index (χ1) is 9.09. The van der Waals surface area contributed by atoms with Gasteiger partial charge in [-0.2, -0.15) is 5.10 Å². The molecule has 0 atom stereocenters. The summed E-state index contributed by atoms with van der Waals surface area (Å²) in [5, 5.41) is 7.89. The van der Waals surface area contributed by atoms with E-state index in [1.807, 2.05) is 11.7 Å². The Morgan fingerprint density at radius 3 is 2.37 bits per heavy atom. The number of hydrogen-bond acceptors (Lipinski definition) is 2. The lowest BCUT2D eigenvalue weighted by molar-refractivity contribution is 0.269. The van der Waals surface area contributed by atoms with Gasteiger partial charge in [0.2, 0.25) is 0 Å². The first-order valence-corrected chi connectivity index (χ1v) is 6.86. The summed E-state index contributed by atoms with van der Waals surface area (Å²) in [6.07, 6.45) is 1.06. The lowest BCUT2D eigenvalue weighted by Crippen LogP contribution is -2.58. The molecule has 2 heterocycles. The molecule has 0 aliphatic carbocycles. The molecule has 19 heavy (non-hydrogen) atoms. The van der Waals surface area contributed by atoms with Crippen LogP contribution in [0.25, 0.3) is 0 Å². The average molecular weight is 255 g/mol. The second-order valence-corrected chi connectivity index (χ2v) is 5.83. The molecule has 0 radical (unpaired) electrons. The Kier molecular flexibility index (Phi) is 2.94. The molecule has 1 fully saturated rings. The number of nitrogens with one attached hydrogen (secondary N) is 1. The molecule has 3 nitrogen and oxygen atoms in total. The van der Waals surface area contributed by atoms with Gasteiger partial charge in [0.1, 0.15) is 0 Å². The van der Waals surface area contributed by atoms with E-state index >= 15 is 0 Å². The van der Waals surface area contributed by atoms with Gasteiger partial charge in [-0.3, -0.25) is 4.68 Å². The molecule has 0 amide bonds.